The van der Waals surface area contributed by atoms with Gasteiger partial charge < -0.3 is 0 Å². The van der Waals surface area contributed by atoms with Gasteiger partial charge in [-0.1, -0.05) is 38.3 Å². The maximum atomic E-state index is 12.6. The zero-order valence-corrected chi connectivity index (χ0v) is 16.4. The maximum absolute atomic E-state index is 12.6. The molecule has 0 atom stereocenters. The van der Waals surface area contributed by atoms with Gasteiger partial charge in [0.05, 0.1) is 5.69 Å². The third kappa shape index (κ3) is 5.55. The van der Waals surface area contributed by atoms with Crippen molar-refractivity contribution in [3.63, 3.8) is 0 Å². The fraction of sp³-hybridized carbons (Fsp3) is 0.333. The number of hydrogen-bond donors (Lipinski definition) is 1. The zero-order chi connectivity index (χ0) is 20.0. The molecule has 0 spiro atoms. The van der Waals surface area contributed by atoms with E-state index in [0.717, 1.165) is 18.1 Å². The number of H-pyrrole nitrogens is 1. The molecule has 0 aliphatic rings. The predicted octanol–water partition coefficient (Wildman–Crippen LogP) is 6.85. The largest absolute Gasteiger partial charge is 0.432 e. The molecular formula is C21H22F3N3S. The molecule has 28 heavy (non-hydrogen) atoms. The SMILES string of the molecule is CCCCCCc1ccc(/C=C/c2ccc(-c3cc(C(F)(F)F)[nH]n3)nc2)s1. The van der Waals surface area contributed by atoms with E-state index in [1.54, 1.807) is 23.6 Å². The van der Waals surface area contributed by atoms with Crippen LogP contribution in [0.2, 0.25) is 0 Å². The number of aromatic nitrogens is 3. The molecule has 0 unspecified atom stereocenters. The molecular weight excluding hydrogens is 383 g/mol. The highest BCUT2D eigenvalue weighted by molar-refractivity contribution is 7.12. The Morgan fingerprint density at radius 1 is 1.04 bits per heavy atom. The van der Waals surface area contributed by atoms with Gasteiger partial charge >= 0.3 is 6.18 Å². The Labute approximate surface area is 166 Å². The number of aryl methyl sites for hydroxylation is 1. The van der Waals surface area contributed by atoms with E-state index >= 15 is 0 Å². The van der Waals surface area contributed by atoms with Crippen LogP contribution in [0.15, 0.2) is 36.5 Å². The normalized spacial score (nSPS) is 12.1. The smallest absolute Gasteiger partial charge is 0.273 e. The minimum atomic E-state index is -4.44. The molecule has 148 valence electrons. The van der Waals surface area contributed by atoms with Crippen molar-refractivity contribution in [1.82, 2.24) is 15.2 Å². The first-order chi connectivity index (χ1) is 13.5. The lowest BCUT2D eigenvalue weighted by atomic mass is 10.1. The van der Waals surface area contributed by atoms with Crippen molar-refractivity contribution in [3.8, 4) is 11.4 Å². The lowest BCUT2D eigenvalue weighted by Gasteiger charge is -2.00. The fourth-order valence-electron chi connectivity index (χ4n) is 2.78. The van der Waals surface area contributed by atoms with Gasteiger partial charge in [-0.3, -0.25) is 10.1 Å². The lowest BCUT2D eigenvalue weighted by Crippen LogP contribution is -2.04. The molecule has 0 saturated carbocycles. The van der Waals surface area contributed by atoms with Crippen LogP contribution in [0, 0.1) is 0 Å². The number of pyridine rings is 1. The second kappa shape index (κ2) is 9.19. The highest BCUT2D eigenvalue weighted by Crippen LogP contribution is 2.30. The summed E-state index contributed by atoms with van der Waals surface area (Å²) in [6, 6.07) is 8.74. The van der Waals surface area contributed by atoms with Crippen molar-refractivity contribution in [2.24, 2.45) is 0 Å². The Hall–Kier alpha value is -2.41. The van der Waals surface area contributed by atoms with E-state index in [9.17, 15) is 13.2 Å². The highest BCUT2D eigenvalue weighted by atomic mass is 32.1. The highest BCUT2D eigenvalue weighted by Gasteiger charge is 2.33. The van der Waals surface area contributed by atoms with Crippen LogP contribution in [0.1, 0.15) is 53.6 Å². The molecule has 0 aliphatic heterocycles. The molecule has 3 rings (SSSR count). The molecule has 0 radical (unpaired) electrons. The number of halogens is 3. The summed E-state index contributed by atoms with van der Waals surface area (Å²) in [4.78, 5) is 6.79. The number of alkyl halides is 3. The van der Waals surface area contributed by atoms with Crippen LogP contribution < -0.4 is 0 Å². The number of hydrogen-bond acceptors (Lipinski definition) is 3. The van der Waals surface area contributed by atoms with E-state index < -0.39 is 11.9 Å². The van der Waals surface area contributed by atoms with Crippen molar-refractivity contribution in [3.05, 3.63) is 57.5 Å². The molecule has 3 heterocycles. The third-order valence-electron chi connectivity index (χ3n) is 4.33. The maximum Gasteiger partial charge on any atom is 0.432 e. The molecule has 7 heteroatoms. The van der Waals surface area contributed by atoms with Crippen LogP contribution in [0.5, 0.6) is 0 Å². The average Bonchev–Trinajstić information content (AvgIpc) is 3.33. The van der Waals surface area contributed by atoms with Crippen LogP contribution in [-0.2, 0) is 12.6 Å². The molecule has 1 N–H and O–H groups in total. The predicted molar refractivity (Wildman–Crippen MR) is 108 cm³/mol. The lowest BCUT2D eigenvalue weighted by molar-refractivity contribution is -0.141. The summed E-state index contributed by atoms with van der Waals surface area (Å²) in [6.07, 6.45) is 7.34. The molecule has 0 bridgehead atoms. The second-order valence-corrected chi connectivity index (χ2v) is 7.79. The Bertz CT molecular complexity index is 908. The van der Waals surface area contributed by atoms with Gasteiger partial charge in [0.1, 0.15) is 11.4 Å². The zero-order valence-electron chi connectivity index (χ0n) is 15.6. The van der Waals surface area contributed by atoms with E-state index in [-0.39, 0.29) is 5.69 Å². The molecule has 0 saturated heterocycles. The number of unbranched alkanes of at least 4 members (excludes halogenated alkanes) is 3. The minimum absolute atomic E-state index is 0.175. The monoisotopic (exact) mass is 405 g/mol. The van der Waals surface area contributed by atoms with E-state index in [1.165, 1.54) is 35.4 Å². The Morgan fingerprint density at radius 2 is 1.89 bits per heavy atom. The van der Waals surface area contributed by atoms with Gasteiger partial charge in [-0.05, 0) is 48.7 Å². The molecule has 3 aromatic rings. The van der Waals surface area contributed by atoms with Gasteiger partial charge in [-0.15, -0.1) is 11.3 Å². The van der Waals surface area contributed by atoms with Gasteiger partial charge in [-0.25, -0.2) is 0 Å². The second-order valence-electron chi connectivity index (χ2n) is 6.59. The van der Waals surface area contributed by atoms with E-state index in [4.69, 9.17) is 0 Å². The Balaban J connectivity index is 1.60. The van der Waals surface area contributed by atoms with Gasteiger partial charge in [0.2, 0.25) is 0 Å². The van der Waals surface area contributed by atoms with Crippen molar-refractivity contribution < 1.29 is 13.2 Å². The summed E-state index contributed by atoms with van der Waals surface area (Å²) in [5.41, 5.74) is 0.577. The van der Waals surface area contributed by atoms with Gasteiger partial charge in [0.25, 0.3) is 0 Å². The molecule has 3 aromatic heterocycles. The standard InChI is InChI=1S/C21H22F3N3S/c1-2-3-4-5-6-16-10-11-17(28-16)9-7-15-8-12-18(25-14-15)19-13-20(27-26-19)21(22,23)24/h7-14H,2-6H2,1H3,(H,26,27)/b9-7+. The first-order valence-corrected chi connectivity index (χ1v) is 10.1. The van der Waals surface area contributed by atoms with Gasteiger partial charge in [0.15, 0.2) is 0 Å². The number of nitrogens with one attached hydrogen (secondary N) is 1. The summed E-state index contributed by atoms with van der Waals surface area (Å²) in [6.45, 7) is 2.21. The average molecular weight is 405 g/mol. The van der Waals surface area contributed by atoms with Crippen molar-refractivity contribution in [2.75, 3.05) is 0 Å². The van der Waals surface area contributed by atoms with Crippen molar-refractivity contribution in [1.29, 1.82) is 0 Å². The summed E-state index contributed by atoms with van der Waals surface area (Å²) in [7, 11) is 0. The van der Waals surface area contributed by atoms with Crippen LogP contribution in [-0.4, -0.2) is 15.2 Å². The van der Waals surface area contributed by atoms with E-state index in [1.807, 2.05) is 23.3 Å². The fourth-order valence-corrected chi connectivity index (χ4v) is 3.73. The van der Waals surface area contributed by atoms with Crippen LogP contribution in [0.4, 0.5) is 13.2 Å². The van der Waals surface area contributed by atoms with E-state index in [2.05, 4.69) is 29.1 Å². The minimum Gasteiger partial charge on any atom is -0.273 e. The van der Waals surface area contributed by atoms with Crippen LogP contribution in [0.3, 0.4) is 0 Å². The Morgan fingerprint density at radius 3 is 2.57 bits per heavy atom. The third-order valence-corrected chi connectivity index (χ3v) is 5.44. The number of thiophene rings is 1. The number of nitrogens with zero attached hydrogens (tertiary/aromatic N) is 2. The molecule has 3 nitrogen and oxygen atoms in total. The van der Waals surface area contributed by atoms with Crippen LogP contribution in [0.25, 0.3) is 23.5 Å². The Kier molecular flexibility index (Phi) is 6.67. The first-order valence-electron chi connectivity index (χ1n) is 9.31. The number of aromatic amines is 1. The quantitative estimate of drug-likeness (QED) is 0.417. The molecule has 0 fully saturated rings. The summed E-state index contributed by atoms with van der Waals surface area (Å²) >= 11 is 1.79. The van der Waals surface area contributed by atoms with E-state index in [0.29, 0.717) is 5.69 Å². The summed E-state index contributed by atoms with van der Waals surface area (Å²) < 4.78 is 37.9. The molecule has 0 aromatic carbocycles. The van der Waals surface area contributed by atoms with Gasteiger partial charge in [-0.2, -0.15) is 18.3 Å². The first kappa shape index (κ1) is 20.3. The van der Waals surface area contributed by atoms with Crippen molar-refractivity contribution >= 4 is 23.5 Å². The van der Waals surface area contributed by atoms with Crippen LogP contribution >= 0.6 is 11.3 Å². The summed E-state index contributed by atoms with van der Waals surface area (Å²) in [5, 5.41) is 5.69. The molecule has 0 amide bonds. The topological polar surface area (TPSA) is 41.6 Å². The summed E-state index contributed by atoms with van der Waals surface area (Å²) in [5.74, 6) is 0. The van der Waals surface area contributed by atoms with Gasteiger partial charge in [0, 0.05) is 16.0 Å². The van der Waals surface area contributed by atoms with Crippen molar-refractivity contribution in [2.45, 2.75) is 45.2 Å². The molecule has 0 aliphatic carbocycles. The number of rotatable bonds is 8.